The van der Waals surface area contributed by atoms with Crippen LogP contribution < -0.4 is 0 Å². The molecule has 12 heteroatoms. The molecule has 0 saturated heterocycles. The molecule has 262 valence electrons. The Kier molecular flexibility index (Phi) is 14.6. The zero-order valence-corrected chi connectivity index (χ0v) is 28.7. The van der Waals surface area contributed by atoms with Crippen LogP contribution in [0.1, 0.15) is 133 Å². The number of hydrogen-bond acceptors (Lipinski definition) is 8. The number of nitrogens with zero attached hydrogens (tertiary/aromatic N) is 5. The molecule has 0 radical (unpaired) electrons. The number of imidazole rings is 1. The molecule has 0 amide bonds. The van der Waals surface area contributed by atoms with Crippen molar-refractivity contribution in [3.8, 4) is 23.5 Å². The van der Waals surface area contributed by atoms with E-state index in [1.807, 2.05) is 37.3 Å². The van der Waals surface area contributed by atoms with E-state index in [0.29, 0.717) is 12.1 Å². The van der Waals surface area contributed by atoms with Crippen LogP contribution in [-0.4, -0.2) is 55.1 Å². The standard InChI is InChI=1S/C26H33N3O6.C12H11N3/c1-3-4-5-6-7-8-9-10-11-12-26(28-16-21(29-26)17(2)15-27)20-14-18(23(30)31)13-19(24(32)33)22(20)25(34)35;1-9(7-13)11-8-14-12(15-11)10-5-3-2-4-6-10/h13-14,16-17H,3-12H2,1-2H3,(H,30,31)(H,32,33)(H,34,35);2-6,8-9H,1H3,(H,14,15). The number of nitriles is 2. The van der Waals surface area contributed by atoms with Gasteiger partial charge in [-0.2, -0.15) is 10.5 Å². The van der Waals surface area contributed by atoms with Crippen LogP contribution >= 0.6 is 0 Å². The summed E-state index contributed by atoms with van der Waals surface area (Å²) in [6.07, 6.45) is 12.9. The minimum Gasteiger partial charge on any atom is -0.478 e. The van der Waals surface area contributed by atoms with Gasteiger partial charge in [0, 0.05) is 23.5 Å². The van der Waals surface area contributed by atoms with E-state index in [2.05, 4.69) is 39.0 Å². The van der Waals surface area contributed by atoms with Crippen molar-refractivity contribution in [1.29, 1.82) is 10.5 Å². The number of carboxylic acid groups (broad SMARTS) is 3. The Hall–Kier alpha value is -5.62. The quantitative estimate of drug-likeness (QED) is 0.101. The molecule has 0 fully saturated rings. The van der Waals surface area contributed by atoms with Crippen molar-refractivity contribution < 1.29 is 29.7 Å². The van der Waals surface area contributed by atoms with Crippen LogP contribution in [-0.2, 0) is 5.66 Å². The van der Waals surface area contributed by atoms with Crippen LogP contribution in [0.3, 0.4) is 0 Å². The molecule has 4 N–H and O–H groups in total. The van der Waals surface area contributed by atoms with Crippen molar-refractivity contribution >= 4 is 29.8 Å². The van der Waals surface area contributed by atoms with Gasteiger partial charge in [0.2, 0.25) is 0 Å². The summed E-state index contributed by atoms with van der Waals surface area (Å²) in [6, 6.07) is 16.1. The fraction of sp³-hybridized carbons (Fsp3) is 0.421. The third kappa shape index (κ3) is 10.2. The van der Waals surface area contributed by atoms with Gasteiger partial charge < -0.3 is 20.3 Å². The summed E-state index contributed by atoms with van der Waals surface area (Å²) >= 11 is 0. The van der Waals surface area contributed by atoms with Crippen LogP contribution in [0.15, 0.2) is 58.6 Å². The maximum atomic E-state index is 12.2. The van der Waals surface area contributed by atoms with Gasteiger partial charge in [-0.3, -0.25) is 9.98 Å². The second kappa shape index (κ2) is 18.8. The number of H-pyrrole nitrogens is 1. The van der Waals surface area contributed by atoms with Crippen molar-refractivity contribution in [1.82, 2.24) is 9.97 Å². The smallest absolute Gasteiger partial charge is 0.337 e. The van der Waals surface area contributed by atoms with Crippen molar-refractivity contribution in [2.24, 2.45) is 15.9 Å². The second-order valence-electron chi connectivity index (χ2n) is 12.3. The Balaban J connectivity index is 0.000000371. The molecule has 1 aliphatic rings. The maximum Gasteiger partial charge on any atom is 0.337 e. The van der Waals surface area contributed by atoms with E-state index in [-0.39, 0.29) is 23.5 Å². The number of carbonyl (C=O) groups is 3. The lowest BCUT2D eigenvalue weighted by atomic mass is 9.86. The first-order valence-corrected chi connectivity index (χ1v) is 16.9. The largest absolute Gasteiger partial charge is 0.478 e. The highest BCUT2D eigenvalue weighted by atomic mass is 16.4. The first-order valence-electron chi connectivity index (χ1n) is 16.9. The van der Waals surface area contributed by atoms with Crippen molar-refractivity contribution in [3.05, 3.63) is 76.6 Å². The topological polar surface area (TPSA) is 213 Å². The molecule has 3 unspecified atom stereocenters. The molecule has 3 aromatic rings. The zero-order valence-electron chi connectivity index (χ0n) is 28.7. The van der Waals surface area contributed by atoms with Gasteiger partial charge in [0.05, 0.1) is 52.1 Å². The summed E-state index contributed by atoms with van der Waals surface area (Å²) < 4.78 is 0. The van der Waals surface area contributed by atoms with Gasteiger partial charge in [0.25, 0.3) is 0 Å². The highest BCUT2D eigenvalue weighted by Gasteiger charge is 2.40. The van der Waals surface area contributed by atoms with Crippen molar-refractivity contribution in [2.45, 2.75) is 96.6 Å². The maximum absolute atomic E-state index is 12.2. The highest BCUT2D eigenvalue weighted by molar-refractivity contribution is 6.33. The molecule has 12 nitrogen and oxygen atoms in total. The number of aromatic carboxylic acids is 3. The van der Waals surface area contributed by atoms with Gasteiger partial charge in [-0.25, -0.2) is 19.4 Å². The minimum absolute atomic E-state index is 0.0849. The lowest BCUT2D eigenvalue weighted by molar-refractivity contribution is 0.0646. The number of aromatic nitrogens is 2. The Morgan fingerprint density at radius 2 is 1.46 bits per heavy atom. The first-order chi connectivity index (χ1) is 24.0. The van der Waals surface area contributed by atoms with Crippen LogP contribution in [0.4, 0.5) is 0 Å². The molecular weight excluding hydrogens is 636 g/mol. The number of aromatic amines is 1. The number of benzene rings is 2. The molecule has 0 bridgehead atoms. The van der Waals surface area contributed by atoms with Crippen LogP contribution in [0.2, 0.25) is 0 Å². The Morgan fingerprint density at radius 3 is 2.02 bits per heavy atom. The van der Waals surface area contributed by atoms with E-state index < -0.39 is 40.6 Å². The van der Waals surface area contributed by atoms with Gasteiger partial charge in [0.1, 0.15) is 5.82 Å². The summed E-state index contributed by atoms with van der Waals surface area (Å²) in [5.74, 6) is -4.39. The molecule has 0 aliphatic carbocycles. The van der Waals surface area contributed by atoms with Crippen LogP contribution in [0.25, 0.3) is 11.4 Å². The summed E-state index contributed by atoms with van der Waals surface area (Å²) in [5, 5.41) is 47.1. The van der Waals surface area contributed by atoms with Crippen molar-refractivity contribution in [2.75, 3.05) is 0 Å². The SMILES string of the molecule is CC(C#N)c1cnc(-c2ccccc2)[nH]1.CCCCCCCCCCCC1(c2cc(C(=O)O)cc(C(=O)O)c2C(=O)O)N=CC(C(C)C#N)=N1. The van der Waals surface area contributed by atoms with Crippen LogP contribution in [0, 0.1) is 28.6 Å². The average Bonchev–Trinajstić information content (AvgIpc) is 3.79. The van der Waals surface area contributed by atoms with E-state index >= 15 is 0 Å². The molecule has 2 aromatic carbocycles. The molecule has 1 aliphatic heterocycles. The third-order valence-electron chi connectivity index (χ3n) is 8.55. The van der Waals surface area contributed by atoms with E-state index in [1.165, 1.54) is 31.9 Å². The molecule has 2 heterocycles. The molecule has 0 saturated carbocycles. The average molecular weight is 681 g/mol. The van der Waals surface area contributed by atoms with Gasteiger partial charge in [-0.1, -0.05) is 88.6 Å². The van der Waals surface area contributed by atoms with Gasteiger partial charge >= 0.3 is 17.9 Å². The number of rotatable bonds is 17. The Labute approximate surface area is 292 Å². The predicted molar refractivity (Wildman–Crippen MR) is 190 cm³/mol. The lowest BCUT2D eigenvalue weighted by Crippen LogP contribution is -2.26. The first kappa shape index (κ1) is 38.8. The third-order valence-corrected chi connectivity index (χ3v) is 8.55. The number of unbranched alkanes of at least 4 members (excludes halogenated alkanes) is 8. The van der Waals surface area contributed by atoms with Crippen molar-refractivity contribution in [3.63, 3.8) is 0 Å². The molecular formula is C38H44N6O6. The van der Waals surface area contributed by atoms with Gasteiger partial charge in [-0.15, -0.1) is 0 Å². The monoisotopic (exact) mass is 680 g/mol. The highest BCUT2D eigenvalue weighted by Crippen LogP contribution is 2.40. The summed E-state index contributed by atoms with van der Waals surface area (Å²) in [4.78, 5) is 52.2. The molecule has 0 spiro atoms. The molecule has 3 atom stereocenters. The van der Waals surface area contributed by atoms with E-state index in [1.54, 1.807) is 13.1 Å². The number of carboxylic acids is 3. The number of aliphatic imine (C=N–C) groups is 2. The predicted octanol–water partition coefficient (Wildman–Crippen LogP) is 8.24. The van der Waals surface area contributed by atoms with Crippen LogP contribution in [0.5, 0.6) is 0 Å². The minimum atomic E-state index is -1.55. The summed E-state index contributed by atoms with van der Waals surface area (Å²) in [6.45, 7) is 5.66. The normalized spacial score (nSPS) is 15.9. The van der Waals surface area contributed by atoms with Gasteiger partial charge in [-0.05, 0) is 38.8 Å². The lowest BCUT2D eigenvalue weighted by Gasteiger charge is -2.27. The zero-order chi connectivity index (χ0) is 36.7. The Morgan fingerprint density at radius 1 is 0.840 bits per heavy atom. The summed E-state index contributed by atoms with van der Waals surface area (Å²) in [7, 11) is 0. The fourth-order valence-electron chi connectivity index (χ4n) is 5.63. The molecule has 4 rings (SSSR count). The molecule has 1 aromatic heterocycles. The summed E-state index contributed by atoms with van der Waals surface area (Å²) in [5.41, 5.74) is -0.872. The number of hydrogen-bond donors (Lipinski definition) is 4. The van der Waals surface area contributed by atoms with E-state index in [4.69, 9.17) is 5.26 Å². The van der Waals surface area contributed by atoms with E-state index in [9.17, 15) is 35.0 Å². The van der Waals surface area contributed by atoms with Gasteiger partial charge in [0.15, 0.2) is 5.66 Å². The fourth-order valence-corrected chi connectivity index (χ4v) is 5.63. The van der Waals surface area contributed by atoms with E-state index in [0.717, 1.165) is 54.9 Å². The molecule has 50 heavy (non-hydrogen) atoms. The second-order valence-corrected chi connectivity index (χ2v) is 12.3. The number of nitrogens with one attached hydrogen (secondary N) is 1. The Bertz CT molecular complexity index is 1780.